The Kier molecular flexibility index (Phi) is 21.1. The fourth-order valence-corrected chi connectivity index (χ4v) is 0.407. The van der Waals surface area contributed by atoms with Crippen molar-refractivity contribution in [2.75, 3.05) is 0 Å². The molecule has 0 atom stereocenters. The molecule has 0 aromatic rings. The summed E-state index contributed by atoms with van der Waals surface area (Å²) < 4.78 is 0. The molecular formula is C9H13O6Zn-. The van der Waals surface area contributed by atoms with Gasteiger partial charge in [-0.2, -0.15) is 0 Å². The minimum atomic E-state index is -1.31. The van der Waals surface area contributed by atoms with E-state index in [0.29, 0.717) is 0 Å². The van der Waals surface area contributed by atoms with Gasteiger partial charge in [-0.15, -0.1) is 0 Å². The number of aliphatic carboxylic acids is 2. The third-order valence-electron chi connectivity index (χ3n) is 0.787. The number of ketones is 2. The molecule has 0 heterocycles. The summed E-state index contributed by atoms with van der Waals surface area (Å²) in [6.45, 7) is 2.41. The van der Waals surface area contributed by atoms with Gasteiger partial charge in [0.1, 0.15) is 11.6 Å². The first-order valence-corrected chi connectivity index (χ1v) is 3.64. The van der Waals surface area contributed by atoms with Gasteiger partial charge in [0.2, 0.25) is 0 Å². The van der Waals surface area contributed by atoms with Crippen LogP contribution in [0.3, 0.4) is 0 Å². The van der Waals surface area contributed by atoms with Crippen LogP contribution in [0.15, 0.2) is 0 Å². The van der Waals surface area contributed by atoms with E-state index < -0.39 is 24.8 Å². The molecule has 0 rings (SSSR count). The van der Waals surface area contributed by atoms with E-state index in [4.69, 9.17) is 0 Å². The van der Waals surface area contributed by atoms with Crippen molar-refractivity contribution in [3.8, 4) is 0 Å². The number of carbonyl (C=O) groups excluding carboxylic acids is 4. The van der Waals surface area contributed by atoms with Crippen LogP contribution in [0.2, 0.25) is 0 Å². The maximum atomic E-state index is 9.83. The van der Waals surface area contributed by atoms with E-state index in [1.54, 1.807) is 0 Å². The Morgan fingerprint density at radius 2 is 1.00 bits per heavy atom. The Hall–Kier alpha value is -1.10. The molecule has 0 aliphatic carbocycles. The van der Waals surface area contributed by atoms with Crippen LogP contribution in [0.5, 0.6) is 0 Å². The van der Waals surface area contributed by atoms with Crippen molar-refractivity contribution in [1.29, 1.82) is 0 Å². The van der Waals surface area contributed by atoms with Crippen LogP contribution in [0.4, 0.5) is 0 Å². The molecule has 16 heavy (non-hydrogen) atoms. The zero-order chi connectivity index (χ0) is 11.7. The van der Waals surface area contributed by atoms with Crippen LogP contribution >= 0.6 is 0 Å². The summed E-state index contributed by atoms with van der Waals surface area (Å²) in [7, 11) is 0. The van der Waals surface area contributed by atoms with Gasteiger partial charge in [0.25, 0.3) is 0 Å². The predicted octanol–water partition coefficient (Wildman–Crippen LogP) is -2.12. The second kappa shape index (κ2) is 13.9. The topological polar surface area (TPSA) is 114 Å². The van der Waals surface area contributed by atoms with Crippen molar-refractivity contribution in [2.24, 2.45) is 0 Å². The molecule has 0 saturated carbocycles. The smallest absolute Gasteiger partial charge is 0.550 e. The quantitative estimate of drug-likeness (QED) is 0.331. The van der Waals surface area contributed by atoms with Crippen LogP contribution in [-0.4, -0.2) is 23.5 Å². The van der Waals surface area contributed by atoms with Crippen molar-refractivity contribution in [2.45, 2.75) is 26.7 Å². The molecule has 0 spiro atoms. The van der Waals surface area contributed by atoms with Gasteiger partial charge in [0.15, 0.2) is 0 Å². The summed E-state index contributed by atoms with van der Waals surface area (Å²) in [5.74, 6) is -3.37. The third kappa shape index (κ3) is 38.4. The van der Waals surface area contributed by atoms with Crippen molar-refractivity contribution in [3.63, 3.8) is 0 Å². The van der Waals surface area contributed by atoms with Gasteiger partial charge in [-0.25, -0.2) is 0 Å². The molecule has 0 fully saturated rings. The zero-order valence-electron chi connectivity index (χ0n) is 9.57. The molecule has 0 aliphatic heterocycles. The average molecular weight is 283 g/mol. The van der Waals surface area contributed by atoms with Gasteiger partial charge in [-0.05, 0) is 13.8 Å². The van der Waals surface area contributed by atoms with Crippen LogP contribution in [0.25, 0.3) is 0 Å². The molecule has 88 valence electrons. The molecule has 0 aromatic heterocycles. The number of carbonyl (C=O) groups is 4. The van der Waals surface area contributed by atoms with Crippen LogP contribution in [-0.2, 0) is 38.7 Å². The fraction of sp³-hybridized carbons (Fsp3) is 0.444. The van der Waals surface area contributed by atoms with E-state index in [2.05, 4.69) is 0 Å². The molecule has 0 unspecified atom stereocenters. The molecule has 0 aromatic carbocycles. The first-order chi connectivity index (χ1) is 6.25. The summed E-state index contributed by atoms with van der Waals surface area (Å²) in [4.78, 5) is 38.6. The first kappa shape index (κ1) is 24.2. The summed E-state index contributed by atoms with van der Waals surface area (Å²) in [6, 6.07) is 0. The Balaban J connectivity index is -0.0000000800. The average Bonchev–Trinajstić information content (AvgIpc) is 1.79. The van der Waals surface area contributed by atoms with Crippen LogP contribution in [0.1, 0.15) is 26.7 Å². The molecule has 0 aliphatic rings. The molecule has 0 N–H and O–H groups in total. The summed E-state index contributed by atoms with van der Waals surface area (Å²) in [5.41, 5.74) is 0. The first-order valence-electron chi connectivity index (χ1n) is 3.64. The van der Waals surface area contributed by atoms with Crippen molar-refractivity contribution in [1.82, 2.24) is 0 Å². The number of rotatable bonds is 4. The maximum absolute atomic E-state index is 9.83. The van der Waals surface area contributed by atoms with E-state index in [1.807, 2.05) is 0 Å². The fourth-order valence-electron chi connectivity index (χ4n) is 0.407. The Morgan fingerprint density at radius 3 is 1.00 bits per heavy atom. The monoisotopic (exact) mass is 281 g/mol. The molecule has 6 nitrogen and oxygen atoms in total. The SMILES string of the molecule is CC(=O)CC(=O)[O-].CC(=O)CC(=O)[O-].[CH3-].[Zn+2]. The van der Waals surface area contributed by atoms with Gasteiger partial charge in [-0.1, -0.05) is 0 Å². The molecule has 0 bridgehead atoms. The van der Waals surface area contributed by atoms with Crippen molar-refractivity contribution in [3.05, 3.63) is 7.43 Å². The normalized spacial score (nSPS) is 7.12. The van der Waals surface area contributed by atoms with Crippen LogP contribution in [0, 0.1) is 7.43 Å². The predicted molar refractivity (Wildman–Crippen MR) is 47.0 cm³/mol. The van der Waals surface area contributed by atoms with E-state index >= 15 is 0 Å². The van der Waals surface area contributed by atoms with Gasteiger partial charge < -0.3 is 27.2 Å². The summed E-state index contributed by atoms with van der Waals surface area (Å²) in [6.07, 6.45) is -0.944. The minimum Gasteiger partial charge on any atom is -0.550 e. The van der Waals surface area contributed by atoms with Crippen molar-refractivity contribution >= 4 is 23.5 Å². The van der Waals surface area contributed by atoms with E-state index in [-0.39, 0.29) is 38.5 Å². The molecule has 0 saturated heterocycles. The summed E-state index contributed by atoms with van der Waals surface area (Å²) >= 11 is 0. The standard InChI is InChI=1S/2C4H6O3.CH3.Zn/c2*1-3(5)2-4(6)7;;/h2*2H2,1H3,(H,6,7);1H3;/q;;-1;+2/p-2. The van der Waals surface area contributed by atoms with Gasteiger partial charge in [0.05, 0.1) is 0 Å². The van der Waals surface area contributed by atoms with E-state index in [0.717, 1.165) is 0 Å². The third-order valence-corrected chi connectivity index (χ3v) is 0.787. The summed E-state index contributed by atoms with van der Waals surface area (Å²) in [5, 5.41) is 19.0. The number of carboxylic acid groups (broad SMARTS) is 2. The second-order valence-corrected chi connectivity index (χ2v) is 2.50. The van der Waals surface area contributed by atoms with E-state index in [9.17, 15) is 29.4 Å². The van der Waals surface area contributed by atoms with Gasteiger partial charge in [-0.3, -0.25) is 9.59 Å². The minimum absolute atomic E-state index is 0. The second-order valence-electron chi connectivity index (χ2n) is 2.50. The molecular weight excluding hydrogens is 269 g/mol. The maximum Gasteiger partial charge on any atom is 2.00 e. The number of hydrogen-bond acceptors (Lipinski definition) is 6. The number of hydrogen-bond donors (Lipinski definition) is 0. The number of carboxylic acids is 2. The van der Waals surface area contributed by atoms with Gasteiger partial charge >= 0.3 is 19.5 Å². The van der Waals surface area contributed by atoms with Gasteiger partial charge in [0, 0.05) is 24.8 Å². The zero-order valence-corrected chi connectivity index (χ0v) is 12.5. The molecule has 0 amide bonds. The largest absolute Gasteiger partial charge is 2.00 e. The number of Topliss-reactive ketones (excluding diaryl/α,β-unsaturated/α-hetero) is 2. The Bertz CT molecular complexity index is 198. The van der Waals surface area contributed by atoms with Crippen molar-refractivity contribution < 1.29 is 48.9 Å². The molecule has 7 heteroatoms. The Labute approximate surface area is 107 Å². The van der Waals surface area contributed by atoms with Crippen LogP contribution < -0.4 is 10.2 Å². The van der Waals surface area contributed by atoms with E-state index in [1.165, 1.54) is 13.8 Å². The molecule has 0 radical (unpaired) electrons. The Morgan fingerprint density at radius 1 is 0.812 bits per heavy atom.